The summed E-state index contributed by atoms with van der Waals surface area (Å²) in [6.07, 6.45) is 5.31. The van der Waals surface area contributed by atoms with Crippen LogP contribution in [0.4, 0.5) is 0 Å². The van der Waals surface area contributed by atoms with Crippen LogP contribution in [0.2, 0.25) is 0 Å². The van der Waals surface area contributed by atoms with Crippen LogP contribution >= 0.6 is 0 Å². The Labute approximate surface area is 152 Å². The molecule has 1 N–H and O–H groups in total. The molecule has 6 nitrogen and oxygen atoms in total. The molecule has 0 saturated heterocycles. The summed E-state index contributed by atoms with van der Waals surface area (Å²) in [4.78, 5) is 2.01. The van der Waals surface area contributed by atoms with E-state index in [1.54, 1.807) is 14.2 Å². The first-order valence-electron chi connectivity index (χ1n) is 8.88. The van der Waals surface area contributed by atoms with E-state index in [2.05, 4.69) is 4.72 Å². The minimum Gasteiger partial charge on any atom is -0.497 e. The number of ether oxygens (including phenoxy) is 1. The van der Waals surface area contributed by atoms with Crippen molar-refractivity contribution >= 4 is 10.2 Å². The molecule has 0 radical (unpaired) electrons. The Morgan fingerprint density at radius 1 is 1.20 bits per heavy atom. The van der Waals surface area contributed by atoms with Crippen molar-refractivity contribution in [2.75, 3.05) is 34.8 Å². The molecule has 0 aliphatic heterocycles. The average Bonchev–Trinajstić information content (AvgIpc) is 2.61. The fourth-order valence-electron chi connectivity index (χ4n) is 3.37. The Hall–Kier alpha value is -1.15. The molecule has 0 amide bonds. The Morgan fingerprint density at radius 3 is 2.48 bits per heavy atom. The van der Waals surface area contributed by atoms with Gasteiger partial charge in [0.1, 0.15) is 5.75 Å². The lowest BCUT2D eigenvalue weighted by Gasteiger charge is -2.32. The first-order valence-corrected chi connectivity index (χ1v) is 10.3. The standard InChI is InChI=1S/C18H31N3O3S/c1-20(2)18(15-9-8-12-17(13-15)24-4)14-19-25(22,23)21(3)16-10-6-5-7-11-16/h8-9,12-13,16,18-19H,5-7,10-11,14H2,1-4H3. The third kappa shape index (κ3) is 5.41. The highest BCUT2D eigenvalue weighted by Crippen LogP contribution is 2.25. The van der Waals surface area contributed by atoms with Crippen molar-refractivity contribution in [1.82, 2.24) is 13.9 Å². The molecule has 1 saturated carbocycles. The van der Waals surface area contributed by atoms with Gasteiger partial charge in [0.25, 0.3) is 10.2 Å². The van der Waals surface area contributed by atoms with Crippen LogP contribution in [0.15, 0.2) is 24.3 Å². The number of methoxy groups -OCH3 is 1. The van der Waals surface area contributed by atoms with Gasteiger partial charge in [-0.3, -0.25) is 0 Å². The minimum atomic E-state index is -3.49. The average molecular weight is 370 g/mol. The monoisotopic (exact) mass is 369 g/mol. The van der Waals surface area contributed by atoms with Gasteiger partial charge in [-0.15, -0.1) is 0 Å². The van der Waals surface area contributed by atoms with E-state index >= 15 is 0 Å². The van der Waals surface area contributed by atoms with Crippen LogP contribution in [0.3, 0.4) is 0 Å². The van der Waals surface area contributed by atoms with Crippen LogP contribution in [0.25, 0.3) is 0 Å². The van der Waals surface area contributed by atoms with Crippen LogP contribution in [-0.4, -0.2) is 58.5 Å². The van der Waals surface area contributed by atoms with Crippen LogP contribution < -0.4 is 9.46 Å². The first kappa shape index (κ1) is 20.2. The summed E-state index contributed by atoms with van der Waals surface area (Å²) in [5, 5.41) is 0. The molecule has 7 heteroatoms. The normalized spacial score (nSPS) is 17.8. The molecule has 1 aliphatic rings. The van der Waals surface area contributed by atoms with E-state index in [1.807, 2.05) is 43.3 Å². The van der Waals surface area contributed by atoms with E-state index in [1.165, 1.54) is 10.7 Å². The molecule has 0 spiro atoms. The number of likely N-dealkylation sites (N-methyl/N-ethyl adjacent to an activating group) is 1. The Morgan fingerprint density at radius 2 is 1.88 bits per heavy atom. The summed E-state index contributed by atoms with van der Waals surface area (Å²) in [5.74, 6) is 0.770. The maximum absolute atomic E-state index is 12.7. The van der Waals surface area contributed by atoms with E-state index in [0.717, 1.165) is 37.0 Å². The summed E-state index contributed by atoms with van der Waals surface area (Å²) in [7, 11) is 3.73. The molecule has 0 aromatic heterocycles. The zero-order chi connectivity index (χ0) is 18.4. The third-order valence-corrected chi connectivity index (χ3v) is 6.62. The fourth-order valence-corrected chi connectivity index (χ4v) is 4.55. The van der Waals surface area contributed by atoms with Gasteiger partial charge in [-0.1, -0.05) is 31.4 Å². The second-order valence-corrected chi connectivity index (χ2v) is 8.73. The molecule has 1 unspecified atom stereocenters. The highest BCUT2D eigenvalue weighted by atomic mass is 32.2. The van der Waals surface area contributed by atoms with Crippen molar-refractivity contribution in [1.29, 1.82) is 0 Å². The van der Waals surface area contributed by atoms with Gasteiger partial charge in [-0.05, 0) is 44.6 Å². The van der Waals surface area contributed by atoms with Crippen LogP contribution in [0.5, 0.6) is 5.75 Å². The van der Waals surface area contributed by atoms with Crippen molar-refractivity contribution in [3.8, 4) is 5.75 Å². The summed E-state index contributed by atoms with van der Waals surface area (Å²) < 4.78 is 35.0. The fraction of sp³-hybridized carbons (Fsp3) is 0.667. The highest BCUT2D eigenvalue weighted by molar-refractivity contribution is 7.87. The Kier molecular flexibility index (Phi) is 7.25. The van der Waals surface area contributed by atoms with Crippen LogP contribution in [-0.2, 0) is 10.2 Å². The van der Waals surface area contributed by atoms with Gasteiger partial charge in [0.05, 0.1) is 7.11 Å². The van der Waals surface area contributed by atoms with Crippen LogP contribution in [0, 0.1) is 0 Å². The molecule has 1 aromatic rings. The van der Waals surface area contributed by atoms with Gasteiger partial charge >= 0.3 is 0 Å². The zero-order valence-corrected chi connectivity index (χ0v) is 16.6. The van der Waals surface area contributed by atoms with E-state index in [9.17, 15) is 8.42 Å². The van der Waals surface area contributed by atoms with E-state index in [4.69, 9.17) is 4.74 Å². The van der Waals surface area contributed by atoms with Gasteiger partial charge in [-0.25, -0.2) is 4.72 Å². The number of rotatable bonds is 8. The summed E-state index contributed by atoms with van der Waals surface area (Å²) in [5.41, 5.74) is 1.02. The lowest BCUT2D eigenvalue weighted by molar-refractivity contribution is 0.274. The smallest absolute Gasteiger partial charge is 0.279 e. The molecule has 25 heavy (non-hydrogen) atoms. The van der Waals surface area contributed by atoms with Crippen molar-refractivity contribution in [2.24, 2.45) is 0 Å². The maximum atomic E-state index is 12.7. The largest absolute Gasteiger partial charge is 0.497 e. The SMILES string of the molecule is COc1cccc(C(CNS(=O)(=O)N(C)C2CCCCC2)N(C)C)c1. The summed E-state index contributed by atoms with van der Waals surface area (Å²) in [6.45, 7) is 0.319. The van der Waals surface area contributed by atoms with Gasteiger partial charge in [0, 0.05) is 25.7 Å². The van der Waals surface area contributed by atoms with Crippen molar-refractivity contribution in [3.05, 3.63) is 29.8 Å². The van der Waals surface area contributed by atoms with E-state index in [0.29, 0.717) is 6.54 Å². The number of hydrogen-bond acceptors (Lipinski definition) is 4. The molecule has 1 aliphatic carbocycles. The molecule has 142 valence electrons. The predicted molar refractivity (Wildman–Crippen MR) is 101 cm³/mol. The van der Waals surface area contributed by atoms with Gasteiger partial charge in [0.15, 0.2) is 0 Å². The number of nitrogens with one attached hydrogen (secondary N) is 1. The van der Waals surface area contributed by atoms with E-state index in [-0.39, 0.29) is 12.1 Å². The molecular weight excluding hydrogens is 338 g/mol. The number of benzene rings is 1. The predicted octanol–water partition coefficient (Wildman–Crippen LogP) is 2.40. The van der Waals surface area contributed by atoms with Crippen molar-refractivity contribution < 1.29 is 13.2 Å². The van der Waals surface area contributed by atoms with Crippen molar-refractivity contribution in [3.63, 3.8) is 0 Å². The molecule has 0 heterocycles. The topological polar surface area (TPSA) is 61.9 Å². The summed E-state index contributed by atoms with van der Waals surface area (Å²) >= 11 is 0. The van der Waals surface area contributed by atoms with Crippen LogP contribution in [0.1, 0.15) is 43.7 Å². The molecular formula is C18H31N3O3S. The van der Waals surface area contributed by atoms with Crippen molar-refractivity contribution in [2.45, 2.75) is 44.2 Å². The number of nitrogens with zero attached hydrogens (tertiary/aromatic N) is 2. The lowest BCUT2D eigenvalue weighted by Crippen LogP contribution is -2.46. The van der Waals surface area contributed by atoms with Gasteiger partial charge < -0.3 is 9.64 Å². The number of hydrogen-bond donors (Lipinski definition) is 1. The van der Waals surface area contributed by atoms with Gasteiger partial charge in [0.2, 0.25) is 0 Å². The zero-order valence-electron chi connectivity index (χ0n) is 15.7. The second-order valence-electron chi connectivity index (χ2n) is 6.92. The minimum absolute atomic E-state index is 0.0652. The highest BCUT2D eigenvalue weighted by Gasteiger charge is 2.28. The molecule has 1 atom stereocenters. The molecule has 1 aromatic carbocycles. The van der Waals surface area contributed by atoms with Gasteiger partial charge in [-0.2, -0.15) is 12.7 Å². The second kappa shape index (κ2) is 8.98. The van der Waals surface area contributed by atoms with E-state index < -0.39 is 10.2 Å². The Balaban J connectivity index is 2.06. The lowest BCUT2D eigenvalue weighted by atomic mass is 9.96. The first-order chi connectivity index (χ1) is 11.8. The summed E-state index contributed by atoms with van der Waals surface area (Å²) in [6, 6.07) is 7.80. The quantitative estimate of drug-likeness (QED) is 0.764. The third-order valence-electron chi connectivity index (χ3n) is 5.03. The molecule has 0 bridgehead atoms. The maximum Gasteiger partial charge on any atom is 0.279 e. The molecule has 2 rings (SSSR count). The Bertz CT molecular complexity index is 643. The molecule has 1 fully saturated rings.